The molecule has 6 nitrogen and oxygen atoms in total. The van der Waals surface area contributed by atoms with Gasteiger partial charge < -0.3 is 15.0 Å². The monoisotopic (exact) mass is 674 g/mol. The van der Waals surface area contributed by atoms with Crippen LogP contribution in [0.5, 0.6) is 0 Å². The van der Waals surface area contributed by atoms with E-state index in [1.807, 2.05) is 32.2 Å². The molecule has 1 aromatic heterocycles. The summed E-state index contributed by atoms with van der Waals surface area (Å²) in [6.45, 7) is 5.87. The van der Waals surface area contributed by atoms with Crippen molar-refractivity contribution in [2.45, 2.75) is 52.9 Å². The number of aromatic nitrogens is 2. The Morgan fingerprint density at radius 1 is 1.30 bits per heavy atom. The van der Waals surface area contributed by atoms with Gasteiger partial charge in [0.15, 0.2) is 0 Å². The van der Waals surface area contributed by atoms with E-state index < -0.39 is 7.22 Å². The molecule has 0 atom stereocenters. The fourth-order valence-corrected chi connectivity index (χ4v) is 4.78. The summed E-state index contributed by atoms with van der Waals surface area (Å²) in [5, 5.41) is 3.39. The number of ether oxygens (including phenoxy) is 1. The molecule has 4 rings (SSSR count). The third-order valence-corrected chi connectivity index (χ3v) is 7.32. The van der Waals surface area contributed by atoms with E-state index in [-0.39, 0.29) is 5.91 Å². The Morgan fingerprint density at radius 2 is 2.00 bits per heavy atom. The van der Waals surface area contributed by atoms with Crippen LogP contribution in [-0.4, -0.2) is 40.0 Å². The Bertz CT molecular complexity index is 1080. The first kappa shape index (κ1) is 24.6. The number of carbonyl (C=O) groups is 1. The van der Waals surface area contributed by atoms with Crippen LogP contribution in [-0.2, 0) is 29.7 Å². The Kier molecular flexibility index (Phi) is 7.45. The van der Waals surface area contributed by atoms with Crippen LogP contribution in [0.1, 0.15) is 49.1 Å². The van der Waals surface area contributed by atoms with Gasteiger partial charge in [0.25, 0.3) is 5.91 Å². The van der Waals surface area contributed by atoms with Crippen molar-refractivity contribution in [3.63, 3.8) is 0 Å². The van der Waals surface area contributed by atoms with Crippen molar-refractivity contribution in [3.8, 4) is 11.8 Å². The predicted molar refractivity (Wildman–Crippen MR) is 142 cm³/mol. The number of hydrogen-bond acceptors (Lipinski definition) is 5. The quantitative estimate of drug-likeness (QED) is 0.286. The minimum Gasteiger partial charge on any atom is -0.381 e. The lowest BCUT2D eigenvalue weighted by Gasteiger charge is -2.30. The minimum atomic E-state index is -1.44. The second-order valence-corrected chi connectivity index (χ2v) is 13.7. The molecule has 1 N–H and O–H groups in total. The largest absolute Gasteiger partial charge is 0.381 e. The molecule has 1 amide bonds. The van der Waals surface area contributed by atoms with E-state index in [1.165, 1.54) is 0 Å². The Labute approximate surface area is 220 Å². The van der Waals surface area contributed by atoms with Crippen LogP contribution < -0.4 is 5.32 Å². The van der Waals surface area contributed by atoms with Crippen molar-refractivity contribution in [1.29, 1.82) is 0 Å². The molecule has 0 aliphatic carbocycles. The second-order valence-electron chi connectivity index (χ2n) is 8.71. The standard InChI is InChI=1S/C24H25FI2N4O2/c1-23(2)19-14-28-22(29-18-10-12-33-13-11-18)30-20(19)15-31(23)21(32)5-3-4-16-6-8-17(9-7-16)24(25,26)27/h6-9,14,18H,4,10-13,15H2,1-2H3,(H,28,29,30). The lowest BCUT2D eigenvalue weighted by Crippen LogP contribution is -2.39. The number of nitrogens with zero attached hydrogens (tertiary/aromatic N) is 3. The summed E-state index contributed by atoms with van der Waals surface area (Å²) < 4.78 is 18.0. The Morgan fingerprint density at radius 3 is 2.67 bits per heavy atom. The average molecular weight is 674 g/mol. The maximum atomic E-state index is 14.0. The fourth-order valence-electron chi connectivity index (χ4n) is 4.06. The summed E-state index contributed by atoms with van der Waals surface area (Å²) in [5.74, 6) is 6.09. The van der Waals surface area contributed by atoms with Gasteiger partial charge in [-0.3, -0.25) is 4.79 Å². The summed E-state index contributed by atoms with van der Waals surface area (Å²) in [6, 6.07) is 7.50. The molecule has 0 radical (unpaired) electrons. The number of amides is 1. The van der Waals surface area contributed by atoms with E-state index in [1.54, 1.807) is 62.2 Å². The Balaban J connectivity index is 1.41. The van der Waals surface area contributed by atoms with E-state index in [2.05, 4.69) is 22.1 Å². The zero-order chi connectivity index (χ0) is 23.6. The van der Waals surface area contributed by atoms with Gasteiger partial charge in [-0.25, -0.2) is 14.4 Å². The molecule has 9 heteroatoms. The summed E-state index contributed by atoms with van der Waals surface area (Å²) in [6.07, 6.45) is 4.10. The first-order chi connectivity index (χ1) is 15.6. The summed E-state index contributed by atoms with van der Waals surface area (Å²) in [4.78, 5) is 23.9. The van der Waals surface area contributed by atoms with Gasteiger partial charge in [-0.1, -0.05) is 30.2 Å². The zero-order valence-corrected chi connectivity index (χ0v) is 22.8. The molecule has 174 valence electrons. The number of halogens is 3. The summed E-state index contributed by atoms with van der Waals surface area (Å²) >= 11 is 3.51. The first-order valence-electron chi connectivity index (χ1n) is 10.8. The van der Waals surface area contributed by atoms with Crippen LogP contribution >= 0.6 is 45.2 Å². The normalized spacial score (nSPS) is 17.8. The van der Waals surface area contributed by atoms with Gasteiger partial charge in [-0.2, -0.15) is 0 Å². The van der Waals surface area contributed by atoms with Gasteiger partial charge in [0, 0.05) is 43.0 Å². The van der Waals surface area contributed by atoms with Crippen molar-refractivity contribution in [1.82, 2.24) is 14.9 Å². The van der Waals surface area contributed by atoms with Gasteiger partial charge in [0.1, 0.15) is 0 Å². The number of benzene rings is 1. The molecular formula is C24H25FI2N4O2. The number of nitrogens with one attached hydrogen (secondary N) is 1. The molecule has 2 aromatic rings. The number of carbonyl (C=O) groups excluding carboxylic acids is 1. The molecular weight excluding hydrogens is 649 g/mol. The summed E-state index contributed by atoms with van der Waals surface area (Å²) in [7, 11) is 0. The smallest absolute Gasteiger partial charge is 0.299 e. The van der Waals surface area contributed by atoms with Crippen LogP contribution in [0.4, 0.5) is 10.3 Å². The van der Waals surface area contributed by atoms with Gasteiger partial charge >= 0.3 is 0 Å². The number of alkyl halides is 3. The highest BCUT2D eigenvalue weighted by molar-refractivity contribution is 14.2. The minimum absolute atomic E-state index is 0.240. The van der Waals surface area contributed by atoms with Crippen molar-refractivity contribution in [2.75, 3.05) is 18.5 Å². The molecule has 1 saturated heterocycles. The molecule has 0 spiro atoms. The Hall–Kier alpha value is -1.52. The molecule has 2 aliphatic heterocycles. The predicted octanol–water partition coefficient (Wildman–Crippen LogP) is 4.84. The van der Waals surface area contributed by atoms with Crippen LogP contribution in [0.25, 0.3) is 0 Å². The number of rotatable bonds is 4. The van der Waals surface area contributed by atoms with E-state index in [0.717, 1.165) is 42.9 Å². The molecule has 0 saturated carbocycles. The van der Waals surface area contributed by atoms with E-state index >= 15 is 0 Å². The first-order valence-corrected chi connectivity index (χ1v) is 13.0. The van der Waals surface area contributed by atoms with Crippen molar-refractivity contribution in [3.05, 3.63) is 52.8 Å². The molecule has 0 unspecified atom stereocenters. The third kappa shape index (κ3) is 5.77. The zero-order valence-electron chi connectivity index (χ0n) is 18.5. The highest BCUT2D eigenvalue weighted by Gasteiger charge is 2.41. The van der Waals surface area contributed by atoms with Gasteiger partial charge in [-0.15, -0.1) is 0 Å². The van der Waals surface area contributed by atoms with Crippen molar-refractivity contribution < 1.29 is 13.9 Å². The highest BCUT2D eigenvalue weighted by atomic mass is 127. The van der Waals surface area contributed by atoms with Crippen LogP contribution in [0.2, 0.25) is 0 Å². The van der Waals surface area contributed by atoms with Gasteiger partial charge in [-0.05, 0) is 83.4 Å². The van der Waals surface area contributed by atoms with Crippen molar-refractivity contribution in [2.24, 2.45) is 0 Å². The van der Waals surface area contributed by atoms with Crippen LogP contribution in [0, 0.1) is 11.8 Å². The molecule has 1 aromatic carbocycles. The molecule has 2 aliphatic rings. The molecule has 33 heavy (non-hydrogen) atoms. The number of fused-ring (bicyclic) bond motifs is 1. The van der Waals surface area contributed by atoms with E-state index in [0.29, 0.717) is 30.5 Å². The fraction of sp³-hybridized carbons (Fsp3) is 0.458. The lowest BCUT2D eigenvalue weighted by molar-refractivity contribution is -0.130. The SMILES string of the molecule is CC1(C)c2cnc(NC3CCOCC3)nc2CN1C(=O)C#CCc1ccc(C(F)(I)I)cc1. The number of anilines is 1. The average Bonchev–Trinajstić information content (AvgIpc) is 3.04. The second kappa shape index (κ2) is 10.00. The lowest BCUT2D eigenvalue weighted by atomic mass is 9.97. The number of hydrogen-bond donors (Lipinski definition) is 1. The molecule has 1 fully saturated rings. The maximum Gasteiger partial charge on any atom is 0.299 e. The van der Waals surface area contributed by atoms with E-state index in [9.17, 15) is 9.18 Å². The van der Waals surface area contributed by atoms with Crippen LogP contribution in [0.3, 0.4) is 0 Å². The van der Waals surface area contributed by atoms with Gasteiger partial charge in [0.05, 0.1) is 17.8 Å². The molecule has 3 heterocycles. The maximum absolute atomic E-state index is 14.0. The third-order valence-electron chi connectivity index (χ3n) is 6.08. The topological polar surface area (TPSA) is 67.4 Å². The van der Waals surface area contributed by atoms with E-state index in [4.69, 9.17) is 9.72 Å². The van der Waals surface area contributed by atoms with Crippen molar-refractivity contribution >= 4 is 57.0 Å². The molecule has 0 bridgehead atoms. The van der Waals surface area contributed by atoms with Crippen LogP contribution in [0.15, 0.2) is 30.5 Å². The van der Waals surface area contributed by atoms with Gasteiger partial charge in [0.2, 0.25) is 7.63 Å². The summed E-state index contributed by atoms with van der Waals surface area (Å²) in [5.41, 5.74) is 2.79. The highest BCUT2D eigenvalue weighted by Crippen LogP contribution is 2.40.